The Morgan fingerprint density at radius 1 is 1.20 bits per heavy atom. The first-order valence-corrected chi connectivity index (χ1v) is 12.6. The van der Waals surface area contributed by atoms with Crippen molar-refractivity contribution in [2.75, 3.05) is 32.2 Å². The molecule has 4 aromatic rings. The first-order chi connectivity index (χ1) is 17.0. The Kier molecular flexibility index (Phi) is 6.88. The quantitative estimate of drug-likeness (QED) is 0.180. The zero-order valence-electron chi connectivity index (χ0n) is 18.7. The van der Waals surface area contributed by atoms with E-state index >= 15 is 0 Å². The molecule has 1 aliphatic rings. The monoisotopic (exact) mass is 517 g/mol. The minimum absolute atomic E-state index is 0.162. The highest BCUT2D eigenvalue weighted by molar-refractivity contribution is 7.99. The maximum atomic E-state index is 10.7. The molecule has 5 rings (SSSR count). The molecule has 0 saturated carbocycles. The van der Waals surface area contributed by atoms with E-state index in [0.29, 0.717) is 65.6 Å². The molecule has 4 heterocycles. The van der Waals surface area contributed by atoms with Crippen molar-refractivity contribution in [3.8, 4) is 22.8 Å². The molecule has 35 heavy (non-hydrogen) atoms. The van der Waals surface area contributed by atoms with Gasteiger partial charge in [0.05, 0.1) is 0 Å². The number of hydrogen-bond acceptors (Lipinski definition) is 10. The average Bonchev–Trinajstić information content (AvgIpc) is 3.55. The van der Waals surface area contributed by atoms with Gasteiger partial charge in [-0.3, -0.25) is 4.55 Å². The standard InChI is InChI=1S/C21H23N7O5S2/c1-12-2-3-14(33-12)13-8-15-16(32-11-31-15)9-17(13)34-21-27-18-19(22)24-10-25-20(18)28(21)7-6-23-4-5-26-35(29)30/h2-3,8-10,23,26H,4-7,11H2,1H3,(H,29,30)(H2,22,24,25). The Morgan fingerprint density at radius 2 is 2.03 bits per heavy atom. The summed E-state index contributed by atoms with van der Waals surface area (Å²) >= 11 is -0.594. The van der Waals surface area contributed by atoms with Gasteiger partial charge >= 0.3 is 0 Å². The van der Waals surface area contributed by atoms with Gasteiger partial charge in [-0.15, -0.1) is 0 Å². The number of imidazole rings is 1. The van der Waals surface area contributed by atoms with Gasteiger partial charge in [0.15, 0.2) is 33.6 Å². The predicted molar refractivity (Wildman–Crippen MR) is 131 cm³/mol. The van der Waals surface area contributed by atoms with Crippen LogP contribution < -0.4 is 25.2 Å². The zero-order chi connectivity index (χ0) is 24.4. The van der Waals surface area contributed by atoms with Gasteiger partial charge in [-0.2, -0.15) is 0 Å². The Balaban J connectivity index is 1.47. The van der Waals surface area contributed by atoms with E-state index in [4.69, 9.17) is 29.2 Å². The number of ether oxygens (including phenoxy) is 2. The summed E-state index contributed by atoms with van der Waals surface area (Å²) < 4.78 is 41.0. The van der Waals surface area contributed by atoms with Gasteiger partial charge < -0.3 is 29.5 Å². The molecule has 1 unspecified atom stereocenters. The van der Waals surface area contributed by atoms with Crippen molar-refractivity contribution in [1.29, 1.82) is 0 Å². The molecule has 1 aromatic carbocycles. The molecule has 1 aliphatic heterocycles. The van der Waals surface area contributed by atoms with Gasteiger partial charge in [0.25, 0.3) is 0 Å². The summed E-state index contributed by atoms with van der Waals surface area (Å²) in [5.74, 6) is 3.11. The van der Waals surface area contributed by atoms with E-state index in [2.05, 4.69) is 20.0 Å². The minimum Gasteiger partial charge on any atom is -0.461 e. The Morgan fingerprint density at radius 3 is 2.80 bits per heavy atom. The lowest BCUT2D eigenvalue weighted by Gasteiger charge is -2.12. The fraction of sp³-hybridized carbons (Fsp3) is 0.286. The van der Waals surface area contributed by atoms with E-state index in [0.717, 1.165) is 16.2 Å². The highest BCUT2D eigenvalue weighted by Crippen LogP contribution is 2.45. The number of furan rings is 1. The fourth-order valence-corrected chi connectivity index (χ4v) is 4.97. The maximum absolute atomic E-state index is 10.7. The molecule has 0 radical (unpaired) electrons. The molecule has 0 fully saturated rings. The second-order valence-electron chi connectivity index (χ2n) is 7.58. The third kappa shape index (κ3) is 5.11. The molecule has 0 bridgehead atoms. The molecular formula is C21H23N7O5S2. The molecular weight excluding hydrogens is 494 g/mol. The predicted octanol–water partition coefficient (Wildman–Crippen LogP) is 2.17. The topological polar surface area (TPSA) is 163 Å². The highest BCUT2D eigenvalue weighted by atomic mass is 32.2. The number of rotatable bonds is 10. The number of hydrogen-bond donors (Lipinski definition) is 4. The van der Waals surface area contributed by atoms with Crippen molar-refractivity contribution < 1.29 is 22.7 Å². The van der Waals surface area contributed by atoms with Gasteiger partial charge in [0, 0.05) is 36.6 Å². The summed E-state index contributed by atoms with van der Waals surface area (Å²) in [4.78, 5) is 14.1. The van der Waals surface area contributed by atoms with Crippen LogP contribution in [0.25, 0.3) is 22.5 Å². The van der Waals surface area contributed by atoms with Crippen molar-refractivity contribution in [1.82, 2.24) is 29.6 Å². The number of anilines is 1. The molecule has 0 amide bonds. The molecule has 0 aliphatic carbocycles. The van der Waals surface area contributed by atoms with E-state index in [1.165, 1.54) is 18.1 Å². The van der Waals surface area contributed by atoms with E-state index in [1.807, 2.05) is 35.8 Å². The largest absolute Gasteiger partial charge is 0.461 e. The Bertz CT molecular complexity index is 1390. The fourth-order valence-electron chi connectivity index (χ4n) is 3.63. The van der Waals surface area contributed by atoms with Crippen LogP contribution in [0.1, 0.15) is 5.76 Å². The first kappa shape index (κ1) is 23.6. The molecule has 12 nitrogen and oxygen atoms in total. The lowest BCUT2D eigenvalue weighted by atomic mass is 10.1. The second-order valence-corrected chi connectivity index (χ2v) is 9.38. The minimum atomic E-state index is -2.03. The molecule has 14 heteroatoms. The van der Waals surface area contributed by atoms with Crippen molar-refractivity contribution in [2.45, 2.75) is 23.5 Å². The average molecular weight is 518 g/mol. The first-order valence-electron chi connectivity index (χ1n) is 10.7. The smallest absolute Gasteiger partial charge is 0.231 e. The van der Waals surface area contributed by atoms with Crippen LogP contribution in [-0.2, 0) is 17.8 Å². The van der Waals surface area contributed by atoms with Crippen LogP contribution >= 0.6 is 11.8 Å². The lowest BCUT2D eigenvalue weighted by Crippen LogP contribution is -2.30. The van der Waals surface area contributed by atoms with Crippen LogP contribution in [-0.4, -0.2) is 54.7 Å². The number of benzene rings is 1. The van der Waals surface area contributed by atoms with E-state index < -0.39 is 11.3 Å². The second kappa shape index (κ2) is 10.2. The van der Waals surface area contributed by atoms with Crippen LogP contribution in [0, 0.1) is 6.92 Å². The van der Waals surface area contributed by atoms with Gasteiger partial charge in [0.1, 0.15) is 17.8 Å². The number of nitrogens with one attached hydrogen (secondary N) is 2. The van der Waals surface area contributed by atoms with E-state index in [9.17, 15) is 4.21 Å². The molecule has 5 N–H and O–H groups in total. The third-order valence-corrected chi connectivity index (χ3v) is 6.75. The molecule has 184 valence electrons. The molecule has 1 atom stereocenters. The third-order valence-electron chi connectivity index (χ3n) is 5.25. The van der Waals surface area contributed by atoms with E-state index in [1.54, 1.807) is 0 Å². The lowest BCUT2D eigenvalue weighted by molar-refractivity contribution is 0.174. The summed E-state index contributed by atoms with van der Waals surface area (Å²) in [6, 6.07) is 7.65. The number of fused-ring (bicyclic) bond motifs is 2. The molecule has 0 saturated heterocycles. The normalized spacial score (nSPS) is 13.5. The molecule has 0 spiro atoms. The van der Waals surface area contributed by atoms with Crippen molar-refractivity contribution >= 4 is 40.0 Å². The van der Waals surface area contributed by atoms with Gasteiger partial charge in [0.2, 0.25) is 18.1 Å². The summed E-state index contributed by atoms with van der Waals surface area (Å²) in [6.07, 6.45) is 1.41. The van der Waals surface area contributed by atoms with Crippen molar-refractivity contribution in [3.05, 3.63) is 36.4 Å². The summed E-state index contributed by atoms with van der Waals surface area (Å²) in [6.45, 7) is 4.04. The Hall–Kier alpha value is -3.17. The number of nitrogens with zero attached hydrogens (tertiary/aromatic N) is 4. The maximum Gasteiger partial charge on any atom is 0.231 e. The van der Waals surface area contributed by atoms with Crippen LogP contribution in [0.3, 0.4) is 0 Å². The number of aryl methyl sites for hydroxylation is 1. The van der Waals surface area contributed by atoms with Crippen molar-refractivity contribution in [2.24, 2.45) is 0 Å². The summed E-state index contributed by atoms with van der Waals surface area (Å²) in [5.41, 5.74) is 8.08. The Labute approximate surface area is 207 Å². The van der Waals surface area contributed by atoms with Gasteiger partial charge in [-0.1, -0.05) is 11.8 Å². The number of nitrogen functional groups attached to an aromatic ring is 1. The van der Waals surface area contributed by atoms with Crippen LogP contribution in [0.4, 0.5) is 5.82 Å². The van der Waals surface area contributed by atoms with Crippen LogP contribution in [0.2, 0.25) is 0 Å². The van der Waals surface area contributed by atoms with Gasteiger partial charge in [-0.05, 0) is 31.2 Å². The van der Waals surface area contributed by atoms with E-state index in [-0.39, 0.29) is 6.79 Å². The zero-order valence-corrected chi connectivity index (χ0v) is 20.3. The highest BCUT2D eigenvalue weighted by Gasteiger charge is 2.23. The molecule has 3 aromatic heterocycles. The van der Waals surface area contributed by atoms with Crippen LogP contribution in [0.5, 0.6) is 11.5 Å². The SMILES string of the molecule is Cc1ccc(-c2cc3c(cc2Sc2nc4c(N)ncnc4n2CCNCCNS(=O)O)OCO3)o1. The number of nitrogens with two attached hydrogens (primary N) is 1. The summed E-state index contributed by atoms with van der Waals surface area (Å²) in [5, 5.41) is 3.90. The van der Waals surface area contributed by atoms with Crippen LogP contribution in [0.15, 0.2) is 45.1 Å². The number of aromatic nitrogens is 4. The van der Waals surface area contributed by atoms with Crippen molar-refractivity contribution in [3.63, 3.8) is 0 Å². The summed E-state index contributed by atoms with van der Waals surface area (Å²) in [7, 11) is 0. The van der Waals surface area contributed by atoms with Gasteiger partial charge in [-0.25, -0.2) is 23.9 Å².